The molecule has 0 unspecified atom stereocenters. The second-order valence-corrected chi connectivity index (χ2v) is 13.2. The maximum absolute atomic E-state index is 14.6. The van der Waals surface area contributed by atoms with Crippen LogP contribution in [-0.2, 0) is 22.3 Å². The average molecular weight is 637 g/mol. The number of hydrogen-bond donors (Lipinski definition) is 2. The van der Waals surface area contributed by atoms with Gasteiger partial charge >= 0.3 is 6.03 Å². The molecule has 3 aliphatic rings. The molecule has 9 heteroatoms. The SMILES string of the molecule is O=C1N(CCCCCN2CCOCC2)[C@H](Cc2ccccc2)[C@H](O)[C@@H](O)[C@@H](Cc2ccccc2)N1CCCCCN1CCOCC1. The Hall–Kier alpha value is -2.53. The van der Waals surface area contributed by atoms with Gasteiger partial charge in [0.15, 0.2) is 0 Å². The third-order valence-electron chi connectivity index (χ3n) is 9.96. The van der Waals surface area contributed by atoms with E-state index >= 15 is 0 Å². The summed E-state index contributed by atoms with van der Waals surface area (Å²) < 4.78 is 11.0. The molecule has 3 fully saturated rings. The Kier molecular flexibility index (Phi) is 14.2. The first-order chi connectivity index (χ1) is 22.6. The number of unbranched alkanes of at least 4 members (excludes halogenated alkanes) is 4. The van der Waals surface area contributed by atoms with Gasteiger partial charge in [0.1, 0.15) is 12.2 Å². The molecule has 254 valence electrons. The lowest BCUT2D eigenvalue weighted by atomic mass is 9.91. The van der Waals surface area contributed by atoms with E-state index in [0.717, 1.165) is 115 Å². The molecule has 4 atom stereocenters. The molecule has 3 aliphatic heterocycles. The molecule has 2 amide bonds. The van der Waals surface area contributed by atoms with Crippen molar-refractivity contribution in [3.05, 3.63) is 71.8 Å². The van der Waals surface area contributed by atoms with Gasteiger partial charge in [-0.25, -0.2) is 4.79 Å². The fraction of sp³-hybridized carbons (Fsp3) is 0.649. The van der Waals surface area contributed by atoms with Crippen molar-refractivity contribution >= 4 is 6.03 Å². The molecule has 2 N–H and O–H groups in total. The van der Waals surface area contributed by atoms with E-state index in [0.29, 0.717) is 25.9 Å². The molecule has 2 aromatic rings. The molecule has 0 aliphatic carbocycles. The van der Waals surface area contributed by atoms with Gasteiger partial charge in [-0.05, 0) is 62.7 Å². The summed E-state index contributed by atoms with van der Waals surface area (Å²) in [5.74, 6) is 0. The second-order valence-electron chi connectivity index (χ2n) is 13.2. The summed E-state index contributed by atoms with van der Waals surface area (Å²) in [6, 6.07) is 19.0. The molecule has 2 aromatic carbocycles. The van der Waals surface area contributed by atoms with E-state index in [1.807, 2.05) is 70.5 Å². The van der Waals surface area contributed by atoms with Crippen molar-refractivity contribution in [3.8, 4) is 0 Å². The normalized spacial score (nSPS) is 25.1. The molecule has 0 spiro atoms. The number of hydrogen-bond acceptors (Lipinski definition) is 7. The number of benzene rings is 2. The van der Waals surface area contributed by atoms with Gasteiger partial charge in [-0.2, -0.15) is 0 Å². The van der Waals surface area contributed by atoms with E-state index in [2.05, 4.69) is 9.80 Å². The maximum atomic E-state index is 14.6. The zero-order chi connectivity index (χ0) is 32.0. The molecule has 5 rings (SSSR count). The molecule has 46 heavy (non-hydrogen) atoms. The van der Waals surface area contributed by atoms with Crippen molar-refractivity contribution in [2.24, 2.45) is 0 Å². The van der Waals surface area contributed by atoms with E-state index in [1.165, 1.54) is 0 Å². The summed E-state index contributed by atoms with van der Waals surface area (Å²) in [5, 5.41) is 23.7. The third-order valence-corrected chi connectivity index (χ3v) is 9.96. The number of amides is 2. The van der Waals surface area contributed by atoms with Crippen LogP contribution in [0.15, 0.2) is 60.7 Å². The summed E-state index contributed by atoms with van der Waals surface area (Å²) in [6.45, 7) is 10.4. The van der Waals surface area contributed by atoms with Gasteiger partial charge in [0.2, 0.25) is 0 Å². The van der Waals surface area contributed by atoms with E-state index < -0.39 is 24.3 Å². The first-order valence-corrected chi connectivity index (χ1v) is 17.7. The first-order valence-electron chi connectivity index (χ1n) is 17.7. The van der Waals surface area contributed by atoms with Gasteiger partial charge in [0.25, 0.3) is 0 Å². The zero-order valence-electron chi connectivity index (χ0n) is 27.6. The summed E-state index contributed by atoms with van der Waals surface area (Å²) >= 11 is 0. The summed E-state index contributed by atoms with van der Waals surface area (Å²) in [7, 11) is 0. The number of carbonyl (C=O) groups excluding carboxylic acids is 1. The van der Waals surface area contributed by atoms with Crippen LogP contribution < -0.4 is 0 Å². The molecule has 0 aromatic heterocycles. The Morgan fingerprint density at radius 2 is 0.913 bits per heavy atom. The highest BCUT2D eigenvalue weighted by Crippen LogP contribution is 2.28. The van der Waals surface area contributed by atoms with Crippen LogP contribution in [0.25, 0.3) is 0 Å². The zero-order valence-corrected chi connectivity index (χ0v) is 27.6. The summed E-state index contributed by atoms with van der Waals surface area (Å²) in [6.07, 6.45) is 4.77. The monoisotopic (exact) mass is 636 g/mol. The Morgan fingerprint density at radius 1 is 0.543 bits per heavy atom. The van der Waals surface area contributed by atoms with E-state index in [-0.39, 0.29) is 6.03 Å². The number of carbonyl (C=O) groups is 1. The largest absolute Gasteiger partial charge is 0.388 e. The van der Waals surface area contributed by atoms with Gasteiger partial charge in [-0.15, -0.1) is 0 Å². The van der Waals surface area contributed by atoms with Crippen molar-refractivity contribution in [1.82, 2.24) is 19.6 Å². The lowest BCUT2D eigenvalue weighted by molar-refractivity contribution is -0.0397. The molecular formula is C37H56N4O5. The van der Waals surface area contributed by atoms with Crippen LogP contribution in [0, 0.1) is 0 Å². The number of rotatable bonds is 16. The fourth-order valence-corrected chi connectivity index (χ4v) is 7.21. The highest BCUT2D eigenvalue weighted by molar-refractivity contribution is 5.76. The van der Waals surface area contributed by atoms with Gasteiger partial charge in [-0.3, -0.25) is 9.80 Å². The Bertz CT molecular complexity index is 1040. The number of urea groups is 1. The lowest BCUT2D eigenvalue weighted by Crippen LogP contribution is -2.51. The van der Waals surface area contributed by atoms with Crippen LogP contribution >= 0.6 is 0 Å². The van der Waals surface area contributed by atoms with Crippen molar-refractivity contribution in [3.63, 3.8) is 0 Å². The molecule has 0 saturated carbocycles. The number of nitrogens with zero attached hydrogens (tertiary/aromatic N) is 4. The molecule has 3 saturated heterocycles. The third kappa shape index (κ3) is 10.2. The number of aliphatic hydroxyl groups is 2. The van der Waals surface area contributed by atoms with Crippen LogP contribution in [0.5, 0.6) is 0 Å². The lowest BCUT2D eigenvalue weighted by Gasteiger charge is -2.36. The van der Waals surface area contributed by atoms with Crippen LogP contribution in [0.1, 0.15) is 49.7 Å². The Morgan fingerprint density at radius 3 is 1.30 bits per heavy atom. The smallest absolute Gasteiger partial charge is 0.320 e. The van der Waals surface area contributed by atoms with Crippen LogP contribution in [0.3, 0.4) is 0 Å². The molecular weight excluding hydrogens is 580 g/mol. The topological polar surface area (TPSA) is 89.0 Å². The van der Waals surface area contributed by atoms with Crippen molar-refractivity contribution in [2.75, 3.05) is 78.8 Å². The number of ether oxygens (including phenoxy) is 2. The summed E-state index contributed by atoms with van der Waals surface area (Å²) in [5.41, 5.74) is 2.11. The minimum absolute atomic E-state index is 0.0566. The predicted molar refractivity (Wildman–Crippen MR) is 181 cm³/mol. The Balaban J connectivity index is 1.30. The van der Waals surface area contributed by atoms with Crippen LogP contribution in [0.2, 0.25) is 0 Å². The molecule has 0 bridgehead atoms. The molecule has 0 radical (unpaired) electrons. The van der Waals surface area contributed by atoms with E-state index in [1.54, 1.807) is 0 Å². The van der Waals surface area contributed by atoms with Gasteiger partial charge < -0.3 is 29.5 Å². The highest BCUT2D eigenvalue weighted by Gasteiger charge is 2.45. The molecule has 3 heterocycles. The van der Waals surface area contributed by atoms with Crippen LogP contribution in [0.4, 0.5) is 4.79 Å². The van der Waals surface area contributed by atoms with Gasteiger partial charge in [0, 0.05) is 39.3 Å². The van der Waals surface area contributed by atoms with Gasteiger partial charge in [0.05, 0.1) is 38.5 Å². The maximum Gasteiger partial charge on any atom is 0.320 e. The summed E-state index contributed by atoms with van der Waals surface area (Å²) in [4.78, 5) is 23.3. The van der Waals surface area contributed by atoms with Gasteiger partial charge in [-0.1, -0.05) is 73.5 Å². The standard InChI is InChI=1S/C37H56N4O5/c42-35-33(29-31-13-5-1-6-14-31)40(19-11-3-9-17-38-21-25-45-26-22-38)37(44)41(20-12-4-10-18-39-23-27-46-28-24-39)34(36(35)43)30-32-15-7-2-8-16-32/h1-2,5-8,13-16,33-36,42-43H,3-4,9-12,17-30H2/t33-,34-,35+,36+/m1/s1. The number of morpholine rings is 2. The predicted octanol–water partition coefficient (Wildman–Crippen LogP) is 3.67. The Labute approximate surface area is 276 Å². The minimum atomic E-state index is -1.06. The first kappa shape index (κ1) is 34.8. The molecule has 9 nitrogen and oxygen atoms in total. The minimum Gasteiger partial charge on any atom is -0.388 e. The van der Waals surface area contributed by atoms with Crippen molar-refractivity contribution in [1.29, 1.82) is 0 Å². The van der Waals surface area contributed by atoms with E-state index in [4.69, 9.17) is 9.47 Å². The quantitative estimate of drug-likeness (QED) is 0.272. The number of aliphatic hydroxyl groups excluding tert-OH is 2. The van der Waals surface area contributed by atoms with Crippen molar-refractivity contribution < 1.29 is 24.5 Å². The van der Waals surface area contributed by atoms with Crippen LogP contribution in [-0.4, -0.2) is 139 Å². The van der Waals surface area contributed by atoms with E-state index in [9.17, 15) is 15.0 Å². The highest BCUT2D eigenvalue weighted by atomic mass is 16.5. The second kappa shape index (κ2) is 18.7. The average Bonchev–Trinajstić information content (AvgIpc) is 3.16. The fourth-order valence-electron chi connectivity index (χ4n) is 7.21. The van der Waals surface area contributed by atoms with Crippen molar-refractivity contribution in [2.45, 2.75) is 75.7 Å².